The van der Waals surface area contributed by atoms with E-state index in [1.807, 2.05) is 23.1 Å². The summed E-state index contributed by atoms with van der Waals surface area (Å²) in [6.45, 7) is 9.13. The number of hydrogen-bond acceptors (Lipinski definition) is 8. The van der Waals surface area contributed by atoms with Crippen LogP contribution in [0.1, 0.15) is 0 Å². The van der Waals surface area contributed by atoms with Crippen molar-refractivity contribution in [3.05, 3.63) is 24.7 Å². The Hall–Kier alpha value is -2.26. The van der Waals surface area contributed by atoms with Gasteiger partial charge in [-0.15, -0.1) is 5.10 Å². The van der Waals surface area contributed by atoms with Crippen molar-refractivity contribution in [1.82, 2.24) is 29.9 Å². The number of ether oxygens (including phenoxy) is 1. The third-order valence-corrected chi connectivity index (χ3v) is 4.74. The molecule has 2 aliphatic rings. The number of morpholine rings is 1. The van der Waals surface area contributed by atoms with E-state index in [4.69, 9.17) is 9.72 Å². The van der Waals surface area contributed by atoms with Crippen LogP contribution < -0.4 is 9.80 Å². The number of aromatic nitrogens is 5. The third-order valence-electron chi connectivity index (χ3n) is 4.74. The van der Waals surface area contributed by atoms with Gasteiger partial charge in [-0.2, -0.15) is 4.98 Å². The van der Waals surface area contributed by atoms with Gasteiger partial charge in [-0.25, -0.2) is 4.98 Å². The number of piperazine rings is 1. The van der Waals surface area contributed by atoms with E-state index in [0.717, 1.165) is 77.3 Å². The fourth-order valence-electron chi connectivity index (χ4n) is 3.23. The SMILES string of the molecule is c1cn(CCN2CCN(c3ccnc(N4CCOCC4)n3)CC2)nn1. The standard InChI is InChI=1S/C16H24N8O/c1-2-17-16(23-11-13-25-14-12-23)19-15(1)22-8-5-21(6-9-22)7-10-24-4-3-18-20-24/h1-4H,5-14H2. The van der Waals surface area contributed by atoms with Gasteiger partial charge in [0.2, 0.25) is 5.95 Å². The Labute approximate surface area is 147 Å². The maximum atomic E-state index is 5.41. The molecule has 2 saturated heterocycles. The normalized spacial score (nSPS) is 19.4. The lowest BCUT2D eigenvalue weighted by Crippen LogP contribution is -2.47. The van der Waals surface area contributed by atoms with Crippen LogP contribution in [0.15, 0.2) is 24.7 Å². The highest BCUT2D eigenvalue weighted by atomic mass is 16.5. The topological polar surface area (TPSA) is 75.4 Å². The van der Waals surface area contributed by atoms with Gasteiger partial charge in [0.05, 0.1) is 26.0 Å². The van der Waals surface area contributed by atoms with Gasteiger partial charge in [0.15, 0.2) is 0 Å². The van der Waals surface area contributed by atoms with Gasteiger partial charge in [0, 0.05) is 58.2 Å². The number of anilines is 2. The van der Waals surface area contributed by atoms with E-state index in [0.29, 0.717) is 0 Å². The molecule has 0 radical (unpaired) electrons. The highest BCUT2D eigenvalue weighted by Crippen LogP contribution is 2.17. The molecule has 0 unspecified atom stereocenters. The lowest BCUT2D eigenvalue weighted by atomic mass is 10.3. The Balaban J connectivity index is 1.31. The van der Waals surface area contributed by atoms with Gasteiger partial charge in [0.25, 0.3) is 0 Å². The Morgan fingerprint density at radius 3 is 2.52 bits per heavy atom. The van der Waals surface area contributed by atoms with Crippen LogP contribution >= 0.6 is 0 Å². The predicted molar refractivity (Wildman–Crippen MR) is 93.7 cm³/mol. The monoisotopic (exact) mass is 344 g/mol. The molecule has 2 fully saturated rings. The molecule has 134 valence electrons. The second-order valence-corrected chi connectivity index (χ2v) is 6.31. The van der Waals surface area contributed by atoms with Crippen molar-refractivity contribution in [3.63, 3.8) is 0 Å². The van der Waals surface area contributed by atoms with E-state index >= 15 is 0 Å². The molecule has 0 bridgehead atoms. The summed E-state index contributed by atoms with van der Waals surface area (Å²) < 4.78 is 7.29. The Bertz CT molecular complexity index is 650. The van der Waals surface area contributed by atoms with E-state index in [1.54, 1.807) is 6.20 Å². The van der Waals surface area contributed by atoms with E-state index in [2.05, 4.69) is 30.0 Å². The fourth-order valence-corrected chi connectivity index (χ4v) is 3.23. The van der Waals surface area contributed by atoms with Crippen LogP contribution in [0.25, 0.3) is 0 Å². The van der Waals surface area contributed by atoms with Gasteiger partial charge < -0.3 is 14.5 Å². The second-order valence-electron chi connectivity index (χ2n) is 6.31. The molecule has 2 aromatic heterocycles. The van der Waals surface area contributed by atoms with E-state index in [-0.39, 0.29) is 0 Å². The number of nitrogens with zero attached hydrogens (tertiary/aromatic N) is 8. The number of hydrogen-bond donors (Lipinski definition) is 0. The minimum atomic E-state index is 0.748. The second kappa shape index (κ2) is 7.75. The van der Waals surface area contributed by atoms with Crippen LogP contribution in [0, 0.1) is 0 Å². The van der Waals surface area contributed by atoms with Gasteiger partial charge in [-0.05, 0) is 6.07 Å². The summed E-state index contributed by atoms with van der Waals surface area (Å²) in [5.41, 5.74) is 0. The minimum Gasteiger partial charge on any atom is -0.378 e. The summed E-state index contributed by atoms with van der Waals surface area (Å²) >= 11 is 0. The van der Waals surface area contributed by atoms with Crippen molar-refractivity contribution < 1.29 is 4.74 Å². The van der Waals surface area contributed by atoms with Crippen LogP contribution in [0.2, 0.25) is 0 Å². The molecular weight excluding hydrogens is 320 g/mol. The van der Waals surface area contributed by atoms with Crippen LogP contribution in [0.5, 0.6) is 0 Å². The summed E-state index contributed by atoms with van der Waals surface area (Å²) in [5, 5.41) is 7.86. The molecule has 0 aliphatic carbocycles. The van der Waals surface area contributed by atoms with Gasteiger partial charge in [-0.3, -0.25) is 9.58 Å². The molecule has 0 N–H and O–H groups in total. The number of rotatable bonds is 5. The maximum Gasteiger partial charge on any atom is 0.227 e. The first kappa shape index (κ1) is 16.2. The zero-order valence-corrected chi connectivity index (χ0v) is 14.4. The minimum absolute atomic E-state index is 0.748. The molecule has 4 rings (SSSR count). The predicted octanol–water partition coefficient (Wildman–Crippen LogP) is -0.273. The molecule has 0 spiro atoms. The summed E-state index contributed by atoms with van der Waals surface area (Å²) in [5.74, 6) is 1.84. The molecule has 25 heavy (non-hydrogen) atoms. The summed E-state index contributed by atoms with van der Waals surface area (Å²) in [7, 11) is 0. The summed E-state index contributed by atoms with van der Waals surface area (Å²) in [6.07, 6.45) is 5.49. The first-order chi connectivity index (χ1) is 12.4. The lowest BCUT2D eigenvalue weighted by Gasteiger charge is -2.35. The molecule has 2 aromatic rings. The average Bonchev–Trinajstić information content (AvgIpc) is 3.21. The zero-order valence-electron chi connectivity index (χ0n) is 14.4. The van der Waals surface area contributed by atoms with Crippen molar-refractivity contribution in [1.29, 1.82) is 0 Å². The smallest absolute Gasteiger partial charge is 0.227 e. The van der Waals surface area contributed by atoms with Gasteiger partial charge >= 0.3 is 0 Å². The molecule has 2 aliphatic heterocycles. The fraction of sp³-hybridized carbons (Fsp3) is 0.625. The van der Waals surface area contributed by atoms with E-state index < -0.39 is 0 Å². The van der Waals surface area contributed by atoms with Crippen molar-refractivity contribution in [2.24, 2.45) is 0 Å². The molecule has 9 nitrogen and oxygen atoms in total. The van der Waals surface area contributed by atoms with E-state index in [9.17, 15) is 0 Å². The molecule has 0 aromatic carbocycles. The maximum absolute atomic E-state index is 5.41. The van der Waals surface area contributed by atoms with Crippen molar-refractivity contribution in [2.45, 2.75) is 6.54 Å². The molecule has 0 amide bonds. The molecular formula is C16H24N8O. The van der Waals surface area contributed by atoms with E-state index in [1.165, 1.54) is 0 Å². The van der Waals surface area contributed by atoms with Crippen molar-refractivity contribution in [3.8, 4) is 0 Å². The van der Waals surface area contributed by atoms with Gasteiger partial charge in [0.1, 0.15) is 5.82 Å². The largest absolute Gasteiger partial charge is 0.378 e. The Morgan fingerprint density at radius 1 is 0.920 bits per heavy atom. The quantitative estimate of drug-likeness (QED) is 0.734. The lowest BCUT2D eigenvalue weighted by molar-refractivity contribution is 0.122. The third kappa shape index (κ3) is 4.05. The molecule has 4 heterocycles. The summed E-state index contributed by atoms with van der Waals surface area (Å²) in [4.78, 5) is 16.2. The van der Waals surface area contributed by atoms with Crippen LogP contribution in [0.3, 0.4) is 0 Å². The highest BCUT2D eigenvalue weighted by molar-refractivity contribution is 5.44. The van der Waals surface area contributed by atoms with Crippen LogP contribution in [-0.4, -0.2) is 88.9 Å². The first-order valence-electron chi connectivity index (χ1n) is 8.86. The van der Waals surface area contributed by atoms with Gasteiger partial charge in [-0.1, -0.05) is 5.21 Å². The average molecular weight is 344 g/mol. The molecule has 0 atom stereocenters. The Morgan fingerprint density at radius 2 is 1.76 bits per heavy atom. The van der Waals surface area contributed by atoms with Crippen LogP contribution in [0.4, 0.5) is 11.8 Å². The molecule has 0 saturated carbocycles. The van der Waals surface area contributed by atoms with Crippen LogP contribution in [-0.2, 0) is 11.3 Å². The first-order valence-corrected chi connectivity index (χ1v) is 8.86. The highest BCUT2D eigenvalue weighted by Gasteiger charge is 2.20. The van der Waals surface area contributed by atoms with Crippen molar-refractivity contribution in [2.75, 3.05) is 68.8 Å². The zero-order chi connectivity index (χ0) is 16.9. The summed E-state index contributed by atoms with van der Waals surface area (Å²) in [6, 6.07) is 2.01. The Kier molecular flexibility index (Phi) is 5.03. The van der Waals surface area contributed by atoms with Crippen molar-refractivity contribution >= 4 is 11.8 Å². The molecule has 9 heteroatoms.